The normalized spacial score (nSPS) is 14.0. The van der Waals surface area contributed by atoms with Gasteiger partial charge in [0.1, 0.15) is 6.04 Å². The number of nitrogens with one attached hydrogen (secondary N) is 1. The first-order chi connectivity index (χ1) is 6.97. The van der Waals surface area contributed by atoms with Crippen molar-refractivity contribution >= 4 is 11.9 Å². The van der Waals surface area contributed by atoms with Gasteiger partial charge in [0, 0.05) is 6.92 Å². The van der Waals surface area contributed by atoms with Gasteiger partial charge in [-0.2, -0.15) is 0 Å². The Morgan fingerprint density at radius 1 is 1.53 bits per heavy atom. The van der Waals surface area contributed by atoms with Crippen molar-refractivity contribution in [3.63, 3.8) is 0 Å². The first-order valence-electron chi connectivity index (χ1n) is 5.08. The molecule has 0 aromatic carbocycles. The van der Waals surface area contributed by atoms with Crippen LogP contribution in [0, 0.1) is 5.92 Å². The van der Waals surface area contributed by atoms with Crippen LogP contribution in [-0.2, 0) is 9.59 Å². The number of aliphatic carboxylic acids is 1. The second-order valence-electron chi connectivity index (χ2n) is 3.80. The number of carbonyl (C=O) groups is 2. The molecule has 15 heavy (non-hydrogen) atoms. The standard InChI is InChI=1S/C11H19NO3/c1-4-5-6-8(2)7-10(11(14)15)12-9(3)13/h4,8,10H,1,5-7H2,2-3H3,(H,12,13)(H,14,15)/t8-,10+/m1/s1. The van der Waals surface area contributed by atoms with Crippen LogP contribution < -0.4 is 5.32 Å². The molecule has 0 unspecified atom stereocenters. The van der Waals surface area contributed by atoms with E-state index in [-0.39, 0.29) is 11.8 Å². The Balaban J connectivity index is 4.09. The summed E-state index contributed by atoms with van der Waals surface area (Å²) in [6.07, 6.45) is 4.04. The van der Waals surface area contributed by atoms with E-state index in [2.05, 4.69) is 11.9 Å². The van der Waals surface area contributed by atoms with Crippen LogP contribution in [0.5, 0.6) is 0 Å². The maximum absolute atomic E-state index is 10.8. The molecule has 4 heteroatoms. The van der Waals surface area contributed by atoms with Crippen LogP contribution >= 0.6 is 0 Å². The Morgan fingerprint density at radius 2 is 2.13 bits per heavy atom. The van der Waals surface area contributed by atoms with Crippen LogP contribution in [0.25, 0.3) is 0 Å². The minimum absolute atomic E-state index is 0.260. The van der Waals surface area contributed by atoms with Crippen LogP contribution in [0.2, 0.25) is 0 Å². The number of rotatable bonds is 7. The first kappa shape index (κ1) is 13.7. The van der Waals surface area contributed by atoms with Crippen molar-refractivity contribution in [2.75, 3.05) is 0 Å². The molecule has 2 N–H and O–H groups in total. The molecule has 0 saturated heterocycles. The lowest BCUT2D eigenvalue weighted by atomic mass is 9.97. The SMILES string of the molecule is C=CCC[C@@H](C)C[C@H](NC(C)=O)C(=O)O. The van der Waals surface area contributed by atoms with E-state index in [0.717, 1.165) is 12.8 Å². The van der Waals surface area contributed by atoms with Crippen LogP contribution in [0.15, 0.2) is 12.7 Å². The van der Waals surface area contributed by atoms with Gasteiger partial charge in [0.25, 0.3) is 0 Å². The third-order valence-corrected chi connectivity index (χ3v) is 2.18. The van der Waals surface area contributed by atoms with Gasteiger partial charge in [0.15, 0.2) is 0 Å². The average Bonchev–Trinajstić information content (AvgIpc) is 2.12. The molecule has 0 aliphatic carbocycles. The van der Waals surface area contributed by atoms with Crippen molar-refractivity contribution in [2.24, 2.45) is 5.92 Å². The fourth-order valence-electron chi connectivity index (χ4n) is 1.39. The molecule has 0 bridgehead atoms. The van der Waals surface area contributed by atoms with Crippen LogP contribution in [0.3, 0.4) is 0 Å². The van der Waals surface area contributed by atoms with Gasteiger partial charge in [-0.15, -0.1) is 6.58 Å². The van der Waals surface area contributed by atoms with Gasteiger partial charge < -0.3 is 10.4 Å². The molecule has 1 amide bonds. The Morgan fingerprint density at radius 3 is 2.53 bits per heavy atom. The Kier molecular flexibility index (Phi) is 6.42. The molecule has 86 valence electrons. The molecule has 0 aromatic heterocycles. The molecule has 0 spiro atoms. The van der Waals surface area contributed by atoms with Crippen molar-refractivity contribution < 1.29 is 14.7 Å². The van der Waals surface area contributed by atoms with Gasteiger partial charge in [0.05, 0.1) is 0 Å². The van der Waals surface area contributed by atoms with E-state index in [0.29, 0.717) is 6.42 Å². The number of allylic oxidation sites excluding steroid dienone is 1. The van der Waals surface area contributed by atoms with Crippen LogP contribution in [0.4, 0.5) is 0 Å². The summed E-state index contributed by atoms with van der Waals surface area (Å²) in [5, 5.41) is 11.3. The minimum atomic E-state index is -0.976. The Labute approximate surface area is 90.4 Å². The van der Waals surface area contributed by atoms with Crippen molar-refractivity contribution in [3.8, 4) is 0 Å². The lowest BCUT2D eigenvalue weighted by Gasteiger charge is -2.17. The Hall–Kier alpha value is -1.32. The van der Waals surface area contributed by atoms with E-state index in [1.807, 2.05) is 13.0 Å². The monoisotopic (exact) mass is 213 g/mol. The van der Waals surface area contributed by atoms with Gasteiger partial charge >= 0.3 is 5.97 Å². The molecule has 0 radical (unpaired) electrons. The van der Waals surface area contributed by atoms with Crippen molar-refractivity contribution in [3.05, 3.63) is 12.7 Å². The van der Waals surface area contributed by atoms with Gasteiger partial charge in [-0.3, -0.25) is 4.79 Å². The fourth-order valence-corrected chi connectivity index (χ4v) is 1.39. The average molecular weight is 213 g/mol. The van der Waals surface area contributed by atoms with Crippen molar-refractivity contribution in [1.82, 2.24) is 5.32 Å². The highest BCUT2D eigenvalue weighted by molar-refractivity contribution is 5.81. The summed E-state index contributed by atoms with van der Waals surface area (Å²) in [5.41, 5.74) is 0. The minimum Gasteiger partial charge on any atom is -0.480 e. The Bertz CT molecular complexity index is 238. The summed E-state index contributed by atoms with van der Waals surface area (Å²) >= 11 is 0. The maximum Gasteiger partial charge on any atom is 0.326 e. The molecule has 0 heterocycles. The summed E-state index contributed by atoms with van der Waals surface area (Å²) < 4.78 is 0. The fraction of sp³-hybridized carbons (Fsp3) is 0.636. The van der Waals surface area contributed by atoms with Gasteiger partial charge in [-0.05, 0) is 25.2 Å². The van der Waals surface area contributed by atoms with Gasteiger partial charge in [0.2, 0.25) is 5.91 Å². The van der Waals surface area contributed by atoms with E-state index < -0.39 is 12.0 Å². The maximum atomic E-state index is 10.8. The van der Waals surface area contributed by atoms with E-state index in [4.69, 9.17) is 5.11 Å². The highest BCUT2D eigenvalue weighted by Gasteiger charge is 2.20. The molecule has 0 fully saturated rings. The van der Waals surface area contributed by atoms with Gasteiger partial charge in [-0.1, -0.05) is 13.0 Å². The van der Waals surface area contributed by atoms with E-state index in [1.54, 1.807) is 0 Å². The molecular formula is C11H19NO3. The summed E-state index contributed by atoms with van der Waals surface area (Å²) in [5.74, 6) is -1.02. The number of carboxylic acids is 1. The lowest BCUT2D eigenvalue weighted by Crippen LogP contribution is -2.40. The number of carbonyl (C=O) groups excluding carboxylic acids is 1. The van der Waals surface area contributed by atoms with Gasteiger partial charge in [-0.25, -0.2) is 4.79 Å². The molecule has 0 saturated carbocycles. The smallest absolute Gasteiger partial charge is 0.326 e. The number of hydrogen-bond acceptors (Lipinski definition) is 2. The second-order valence-corrected chi connectivity index (χ2v) is 3.80. The third-order valence-electron chi connectivity index (χ3n) is 2.18. The molecule has 0 aromatic rings. The summed E-state index contributed by atoms with van der Waals surface area (Å²) in [6, 6.07) is -0.776. The predicted molar refractivity (Wildman–Crippen MR) is 58.5 cm³/mol. The van der Waals surface area contributed by atoms with E-state index >= 15 is 0 Å². The highest BCUT2D eigenvalue weighted by Crippen LogP contribution is 2.13. The lowest BCUT2D eigenvalue weighted by molar-refractivity contribution is -0.142. The molecular weight excluding hydrogens is 194 g/mol. The molecule has 0 aliphatic heterocycles. The summed E-state index contributed by atoms with van der Waals surface area (Å²) in [4.78, 5) is 21.6. The number of carboxylic acid groups (broad SMARTS) is 1. The molecule has 2 atom stereocenters. The topological polar surface area (TPSA) is 66.4 Å². The van der Waals surface area contributed by atoms with Crippen LogP contribution in [-0.4, -0.2) is 23.0 Å². The zero-order valence-corrected chi connectivity index (χ0v) is 9.32. The zero-order valence-electron chi connectivity index (χ0n) is 9.32. The van der Waals surface area contributed by atoms with E-state index in [9.17, 15) is 9.59 Å². The van der Waals surface area contributed by atoms with Crippen molar-refractivity contribution in [1.29, 1.82) is 0 Å². The summed E-state index contributed by atoms with van der Waals surface area (Å²) in [7, 11) is 0. The predicted octanol–water partition coefficient (Wildman–Crippen LogP) is 1.57. The second kappa shape index (κ2) is 7.04. The quantitative estimate of drug-likeness (QED) is 0.631. The van der Waals surface area contributed by atoms with Crippen LogP contribution in [0.1, 0.15) is 33.1 Å². The third kappa shape index (κ3) is 6.71. The zero-order chi connectivity index (χ0) is 11.8. The number of amides is 1. The first-order valence-corrected chi connectivity index (χ1v) is 5.08. The summed E-state index contributed by atoms with van der Waals surface area (Å²) in [6.45, 7) is 6.91. The highest BCUT2D eigenvalue weighted by atomic mass is 16.4. The largest absolute Gasteiger partial charge is 0.480 e. The molecule has 0 rings (SSSR count). The molecule has 0 aliphatic rings. The number of hydrogen-bond donors (Lipinski definition) is 2. The molecule has 4 nitrogen and oxygen atoms in total. The van der Waals surface area contributed by atoms with Crippen molar-refractivity contribution in [2.45, 2.75) is 39.2 Å². The van der Waals surface area contributed by atoms with E-state index in [1.165, 1.54) is 6.92 Å².